The summed E-state index contributed by atoms with van der Waals surface area (Å²) >= 11 is 5.70. The average molecular weight is 216 g/mol. The number of carbonyl (C=O) groups is 1. The van der Waals surface area contributed by atoms with Gasteiger partial charge in [0.2, 0.25) is 0 Å². The molecule has 0 atom stereocenters. The van der Waals surface area contributed by atoms with Crippen molar-refractivity contribution in [3.05, 3.63) is 29.3 Å². The summed E-state index contributed by atoms with van der Waals surface area (Å²) in [6.45, 7) is 3.05. The minimum Gasteiger partial charge on any atom is -0.478 e. The second kappa shape index (κ2) is 3.88. The van der Waals surface area contributed by atoms with E-state index in [1.165, 1.54) is 13.8 Å². The molecule has 0 radical (unpaired) electrons. The Hall–Kier alpha value is -1.22. The largest absolute Gasteiger partial charge is 0.478 e. The Labute approximate surface area is 88.8 Å². The van der Waals surface area contributed by atoms with Crippen molar-refractivity contribution in [2.24, 2.45) is 0 Å². The second-order valence-corrected chi connectivity index (χ2v) is 3.79. The van der Waals surface area contributed by atoms with Crippen molar-refractivity contribution in [3.63, 3.8) is 0 Å². The van der Waals surface area contributed by atoms with Crippen LogP contribution in [0.3, 0.4) is 0 Å². The highest BCUT2D eigenvalue weighted by atomic mass is 35.5. The van der Waals surface area contributed by atoms with Crippen molar-refractivity contribution in [1.29, 1.82) is 1.43 Å². The highest BCUT2D eigenvalue weighted by Crippen LogP contribution is 2.20. The fourth-order valence-corrected chi connectivity index (χ4v) is 0.965. The van der Waals surface area contributed by atoms with E-state index in [1.54, 1.807) is 24.3 Å². The lowest BCUT2D eigenvalue weighted by Gasteiger charge is -2.21. The summed E-state index contributed by atoms with van der Waals surface area (Å²) in [6, 6.07) is 6.58. The highest BCUT2D eigenvalue weighted by Gasteiger charge is 2.29. The standard InChI is InChI=1S/C10H11ClO3/c1-10(2,9(12)13)14-8-5-3-7(11)4-6-8/h3-6H,1-2H3,(H,12,13)/i/hD. The number of hydrogen-bond donors (Lipinski definition) is 1. The van der Waals surface area contributed by atoms with Crippen LogP contribution < -0.4 is 4.74 Å². The molecule has 0 saturated heterocycles. The molecule has 0 fully saturated rings. The molecule has 1 N–H and O–H groups in total. The zero-order valence-electron chi connectivity index (χ0n) is 8.91. The van der Waals surface area contributed by atoms with Crippen LogP contribution in [-0.2, 0) is 4.79 Å². The van der Waals surface area contributed by atoms with Gasteiger partial charge in [0, 0.05) is 5.02 Å². The van der Waals surface area contributed by atoms with Gasteiger partial charge in [0.05, 0.1) is 0 Å². The second-order valence-electron chi connectivity index (χ2n) is 3.35. The maximum atomic E-state index is 11.1. The van der Waals surface area contributed by atoms with Crippen molar-refractivity contribution in [2.75, 3.05) is 0 Å². The minimum atomic E-state index is -1.18. The number of aliphatic carboxylic acids is 1. The van der Waals surface area contributed by atoms with Gasteiger partial charge in [-0.3, -0.25) is 0 Å². The lowest BCUT2D eigenvalue weighted by molar-refractivity contribution is -0.152. The lowest BCUT2D eigenvalue weighted by Crippen LogP contribution is -2.37. The van der Waals surface area contributed by atoms with Gasteiger partial charge in [0.25, 0.3) is 1.43 Å². The summed E-state index contributed by atoms with van der Waals surface area (Å²) in [6.07, 6.45) is 0. The summed E-state index contributed by atoms with van der Waals surface area (Å²) in [5.41, 5.74) is -1.18. The van der Waals surface area contributed by atoms with Crippen LogP contribution in [0.15, 0.2) is 24.3 Å². The molecule has 0 amide bonds. The van der Waals surface area contributed by atoms with Crippen LogP contribution in [0.5, 0.6) is 5.75 Å². The monoisotopic (exact) mass is 215 g/mol. The number of carboxylic acid groups (broad SMARTS) is 1. The Kier molecular flexibility index (Phi) is 2.59. The van der Waals surface area contributed by atoms with Gasteiger partial charge in [0.1, 0.15) is 5.75 Å². The fourth-order valence-electron chi connectivity index (χ4n) is 0.839. The molecule has 0 spiro atoms. The summed E-state index contributed by atoms with van der Waals surface area (Å²) in [4.78, 5) is 11.1. The molecule has 1 rings (SSSR count). The van der Waals surface area contributed by atoms with Crippen LogP contribution in [0.4, 0.5) is 0 Å². The SMILES string of the molecule is [2H]OC(=O)C(C)(C)Oc1ccc(Cl)cc1. The molecule has 0 aliphatic rings. The topological polar surface area (TPSA) is 46.5 Å². The van der Waals surface area contributed by atoms with Gasteiger partial charge in [0.15, 0.2) is 5.60 Å². The Balaban J connectivity index is 2.77. The molecule has 3 nitrogen and oxygen atoms in total. The minimum absolute atomic E-state index is 0.495. The number of ether oxygens (including phenoxy) is 1. The Morgan fingerprint density at radius 1 is 1.50 bits per heavy atom. The van der Waals surface area contributed by atoms with Gasteiger partial charge in [-0.2, -0.15) is 0 Å². The van der Waals surface area contributed by atoms with Gasteiger partial charge in [-0.05, 0) is 38.1 Å². The molecule has 0 aliphatic heterocycles. The third-order valence-corrected chi connectivity index (χ3v) is 1.93. The zero-order valence-corrected chi connectivity index (χ0v) is 8.67. The maximum Gasteiger partial charge on any atom is 0.347 e. The van der Waals surface area contributed by atoms with E-state index in [-0.39, 0.29) is 0 Å². The first-order chi connectivity index (χ1) is 6.95. The van der Waals surface area contributed by atoms with Crippen molar-refractivity contribution in [1.82, 2.24) is 0 Å². The number of halogens is 1. The first kappa shape index (κ1) is 9.34. The number of carboxylic acids is 1. The van der Waals surface area contributed by atoms with Crippen molar-refractivity contribution in [2.45, 2.75) is 19.4 Å². The number of hydrogen-bond acceptors (Lipinski definition) is 3. The van der Waals surface area contributed by atoms with E-state index in [9.17, 15) is 4.79 Å². The summed E-state index contributed by atoms with van der Waals surface area (Å²) in [5, 5.41) is 4.46. The van der Waals surface area contributed by atoms with Gasteiger partial charge in [-0.1, -0.05) is 11.6 Å². The summed E-state index contributed by atoms with van der Waals surface area (Å²) in [7, 11) is 0. The Bertz CT molecular complexity index is 348. The van der Waals surface area contributed by atoms with Crippen molar-refractivity contribution in [3.8, 4) is 5.75 Å². The van der Waals surface area contributed by atoms with Crippen LogP contribution in [0, 0.1) is 0 Å². The Morgan fingerprint density at radius 2 is 2.07 bits per heavy atom. The zero-order chi connectivity index (χ0) is 11.5. The van der Waals surface area contributed by atoms with Gasteiger partial charge < -0.3 is 9.85 Å². The molecule has 0 heterocycles. The van der Waals surface area contributed by atoms with E-state index in [0.717, 1.165) is 0 Å². The molecule has 0 aromatic heterocycles. The third-order valence-electron chi connectivity index (χ3n) is 1.68. The molecule has 0 saturated carbocycles. The van der Waals surface area contributed by atoms with E-state index in [0.29, 0.717) is 10.8 Å². The predicted molar refractivity (Wildman–Crippen MR) is 53.8 cm³/mol. The van der Waals surface area contributed by atoms with E-state index in [4.69, 9.17) is 17.8 Å². The van der Waals surface area contributed by atoms with Crippen molar-refractivity contribution < 1.29 is 14.6 Å². The number of benzene rings is 1. The average Bonchev–Trinajstić information content (AvgIpc) is 2.20. The first-order valence-electron chi connectivity index (χ1n) is 4.49. The quantitative estimate of drug-likeness (QED) is 0.843. The predicted octanol–water partition coefficient (Wildman–Crippen LogP) is 2.58. The molecule has 4 heteroatoms. The Morgan fingerprint density at radius 3 is 2.57 bits per heavy atom. The fraction of sp³-hybridized carbons (Fsp3) is 0.300. The molecular weight excluding hydrogens is 204 g/mol. The maximum absolute atomic E-state index is 11.1. The molecule has 0 bridgehead atoms. The van der Waals surface area contributed by atoms with Crippen LogP contribution in [0.2, 0.25) is 5.02 Å². The molecule has 14 heavy (non-hydrogen) atoms. The van der Waals surface area contributed by atoms with E-state index in [2.05, 4.69) is 5.11 Å². The molecule has 1 aromatic carbocycles. The molecule has 1 aromatic rings. The molecule has 0 unspecified atom stereocenters. The molecule has 0 aliphatic carbocycles. The van der Waals surface area contributed by atoms with Gasteiger partial charge >= 0.3 is 5.97 Å². The summed E-state index contributed by atoms with van der Waals surface area (Å²) < 4.78 is 11.9. The van der Waals surface area contributed by atoms with Crippen molar-refractivity contribution >= 4 is 17.6 Å². The van der Waals surface area contributed by atoms with E-state index >= 15 is 0 Å². The summed E-state index contributed by atoms with van der Waals surface area (Å²) in [5.74, 6) is -0.257. The third kappa shape index (κ3) is 2.64. The normalized spacial score (nSPS) is 11.8. The van der Waals surface area contributed by atoms with Crippen LogP contribution in [-0.4, -0.2) is 16.7 Å². The van der Waals surface area contributed by atoms with Gasteiger partial charge in [-0.15, -0.1) is 0 Å². The van der Waals surface area contributed by atoms with Crippen LogP contribution in [0.1, 0.15) is 13.8 Å². The highest BCUT2D eigenvalue weighted by molar-refractivity contribution is 6.30. The number of rotatable bonds is 3. The molecule has 76 valence electrons. The first-order valence-corrected chi connectivity index (χ1v) is 4.45. The van der Waals surface area contributed by atoms with Gasteiger partial charge in [-0.25, -0.2) is 4.79 Å². The van der Waals surface area contributed by atoms with E-state index < -0.39 is 11.6 Å². The molecular formula is C10H11ClO3. The smallest absolute Gasteiger partial charge is 0.347 e. The van der Waals surface area contributed by atoms with E-state index in [1.807, 2.05) is 0 Å². The van der Waals surface area contributed by atoms with Crippen LogP contribution in [0.25, 0.3) is 1.43 Å². The van der Waals surface area contributed by atoms with Crippen LogP contribution >= 0.6 is 11.6 Å². The lowest BCUT2D eigenvalue weighted by atomic mass is 10.1.